The highest BCUT2D eigenvalue weighted by atomic mass is 16.6. The Bertz CT molecular complexity index is 1730. The third kappa shape index (κ3) is 63.1. The number of aliphatic carboxylic acids is 2. The maximum Gasteiger partial charge on any atom is 0.326 e. The minimum Gasteiger partial charge on any atom is -0.481 e. The maximum absolute atomic E-state index is 13.1. The molecule has 0 aliphatic rings. The van der Waals surface area contributed by atoms with Crippen LogP contribution in [0.4, 0.5) is 0 Å². The van der Waals surface area contributed by atoms with Gasteiger partial charge in [0.15, 0.2) is 0 Å². The molecular formula is C63H114N4O21. The maximum atomic E-state index is 13.1. The van der Waals surface area contributed by atoms with Crippen LogP contribution in [0, 0.1) is 12.3 Å². The van der Waals surface area contributed by atoms with Crippen molar-refractivity contribution in [3.8, 4) is 12.3 Å². The SMILES string of the molecule is C#CCCC(=O)N[C@@H](CCCCCC(=O)CC[C@H](NC(=O)CCCCCCCCCCCCCCCCC(=O)O)C(=O)O)C(=O)NCCOCCOCCOCCOCCOCCOCCOCCOCCOCCOCCOCCOCCC(=O)NC. The number of carboxylic acid groups (broad SMARTS) is 2. The Labute approximate surface area is 525 Å². The van der Waals surface area contributed by atoms with Gasteiger partial charge in [-0.2, -0.15) is 0 Å². The monoisotopic (exact) mass is 1260 g/mol. The van der Waals surface area contributed by atoms with Gasteiger partial charge in [0.05, 0.1) is 159 Å². The van der Waals surface area contributed by atoms with Crippen LogP contribution in [0.1, 0.15) is 167 Å². The number of carboxylic acids is 2. The number of nitrogens with one attached hydrogen (secondary N) is 4. The number of terminal acetylenes is 1. The first-order valence-corrected chi connectivity index (χ1v) is 32.4. The first-order chi connectivity index (χ1) is 43.0. The molecule has 0 aromatic heterocycles. The Balaban J connectivity index is 3.82. The van der Waals surface area contributed by atoms with Crippen LogP contribution in [0.25, 0.3) is 0 Å². The van der Waals surface area contributed by atoms with Gasteiger partial charge in [0, 0.05) is 58.5 Å². The van der Waals surface area contributed by atoms with Crippen molar-refractivity contribution in [1.82, 2.24) is 21.3 Å². The zero-order chi connectivity index (χ0) is 64.3. The van der Waals surface area contributed by atoms with Crippen molar-refractivity contribution in [3.63, 3.8) is 0 Å². The Morgan fingerprint density at radius 1 is 0.352 bits per heavy atom. The highest BCUT2D eigenvalue weighted by Gasteiger charge is 2.22. The molecule has 0 unspecified atom stereocenters. The van der Waals surface area contributed by atoms with Crippen molar-refractivity contribution in [2.24, 2.45) is 0 Å². The third-order valence-corrected chi connectivity index (χ3v) is 13.4. The summed E-state index contributed by atoms with van der Waals surface area (Å²) in [4.78, 5) is 84.2. The summed E-state index contributed by atoms with van der Waals surface area (Å²) >= 11 is 0. The molecular weight excluding hydrogens is 1150 g/mol. The molecule has 2 atom stereocenters. The van der Waals surface area contributed by atoms with Crippen molar-refractivity contribution in [2.75, 3.05) is 172 Å². The molecule has 6 N–H and O–H groups in total. The van der Waals surface area contributed by atoms with Gasteiger partial charge in [0.1, 0.15) is 17.9 Å². The summed E-state index contributed by atoms with van der Waals surface area (Å²) in [5, 5.41) is 29.1. The van der Waals surface area contributed by atoms with Gasteiger partial charge < -0.3 is 88.3 Å². The standard InChI is InChI=1S/C63H114N4O21/c1-3-4-24-59(70)66-56(23-19-17-18-22-55(68)27-28-57(63(75)76)67-60(71)25-20-15-13-11-9-7-5-6-8-10-12-14-16-21-26-61(72)73)62(74)65-30-32-78-34-36-80-38-40-82-42-44-84-46-48-86-50-52-88-54-53-87-51-49-85-47-45-83-43-41-81-39-37-79-35-33-77-31-29-58(69)64-2/h1,56-57H,4-54H2,2H3,(H,64,69)(H,65,74)(H,66,70)(H,67,71)(H,72,73)(H,75,76)/t56-,57-/m0/s1. The van der Waals surface area contributed by atoms with E-state index in [1.807, 2.05) is 0 Å². The lowest BCUT2D eigenvalue weighted by Gasteiger charge is -2.18. The zero-order valence-electron chi connectivity index (χ0n) is 53.4. The average Bonchev–Trinajstić information content (AvgIpc) is 3.62. The van der Waals surface area contributed by atoms with Crippen LogP contribution >= 0.6 is 0 Å². The summed E-state index contributed by atoms with van der Waals surface area (Å²) in [6.07, 6.45) is 23.8. The van der Waals surface area contributed by atoms with Gasteiger partial charge in [-0.05, 0) is 32.1 Å². The second kappa shape index (κ2) is 67.0. The zero-order valence-corrected chi connectivity index (χ0v) is 53.4. The molecule has 0 aromatic rings. The summed E-state index contributed by atoms with van der Waals surface area (Å²) in [6.45, 7) is 10.4. The van der Waals surface area contributed by atoms with Crippen LogP contribution in [0.3, 0.4) is 0 Å². The van der Waals surface area contributed by atoms with Gasteiger partial charge in [-0.3, -0.25) is 28.8 Å². The first-order valence-electron chi connectivity index (χ1n) is 32.4. The molecule has 25 heteroatoms. The number of carbonyl (C=O) groups excluding carboxylic acids is 5. The fraction of sp³-hybridized carbons (Fsp3) is 0.857. The molecule has 0 aliphatic heterocycles. The van der Waals surface area contributed by atoms with Crippen LogP contribution in [0.2, 0.25) is 0 Å². The van der Waals surface area contributed by atoms with Crippen molar-refractivity contribution in [1.29, 1.82) is 0 Å². The fourth-order valence-corrected chi connectivity index (χ4v) is 8.39. The molecule has 0 heterocycles. The predicted molar refractivity (Wildman–Crippen MR) is 330 cm³/mol. The Kier molecular flexibility index (Phi) is 63.6. The smallest absolute Gasteiger partial charge is 0.326 e. The topological polar surface area (TPSA) is 319 Å². The number of carbonyl (C=O) groups is 7. The number of hydrogen-bond acceptors (Lipinski definition) is 19. The highest BCUT2D eigenvalue weighted by molar-refractivity contribution is 5.87. The largest absolute Gasteiger partial charge is 0.481 e. The summed E-state index contributed by atoms with van der Waals surface area (Å²) < 4.78 is 65.8. The summed E-state index contributed by atoms with van der Waals surface area (Å²) in [6, 6.07) is -1.92. The molecule has 25 nitrogen and oxygen atoms in total. The number of rotatable bonds is 71. The van der Waals surface area contributed by atoms with Crippen LogP contribution in [-0.4, -0.2) is 236 Å². The molecule has 0 aromatic carbocycles. The van der Waals surface area contributed by atoms with Crippen LogP contribution in [0.5, 0.6) is 0 Å². The van der Waals surface area contributed by atoms with Gasteiger partial charge in [-0.1, -0.05) is 89.9 Å². The Morgan fingerprint density at radius 3 is 1.06 bits per heavy atom. The number of unbranched alkanes of at least 4 members (excludes halogenated alkanes) is 15. The fourth-order valence-electron chi connectivity index (χ4n) is 8.39. The first kappa shape index (κ1) is 83.6. The average molecular weight is 1260 g/mol. The lowest BCUT2D eigenvalue weighted by molar-refractivity contribution is -0.142. The van der Waals surface area contributed by atoms with Crippen molar-refractivity contribution >= 4 is 41.4 Å². The molecule has 0 spiro atoms. The second-order valence-electron chi connectivity index (χ2n) is 20.9. The van der Waals surface area contributed by atoms with E-state index in [0.717, 1.165) is 44.9 Å². The van der Waals surface area contributed by atoms with Gasteiger partial charge in [0.2, 0.25) is 23.6 Å². The minimum absolute atomic E-state index is 0.0121. The van der Waals surface area contributed by atoms with Crippen LogP contribution in [-0.2, 0) is 90.4 Å². The van der Waals surface area contributed by atoms with E-state index in [0.29, 0.717) is 190 Å². The quantitative estimate of drug-likeness (QED) is 0.0322. The van der Waals surface area contributed by atoms with Crippen LogP contribution in [0.15, 0.2) is 0 Å². The van der Waals surface area contributed by atoms with Gasteiger partial charge in [0.25, 0.3) is 0 Å². The number of amides is 4. The second-order valence-corrected chi connectivity index (χ2v) is 20.9. The Hall–Kier alpha value is -4.43. The molecule has 0 bridgehead atoms. The summed E-state index contributed by atoms with van der Waals surface area (Å²) in [5.74, 6) is -0.632. The Morgan fingerprint density at radius 2 is 0.682 bits per heavy atom. The van der Waals surface area contributed by atoms with Crippen LogP contribution < -0.4 is 21.3 Å². The van der Waals surface area contributed by atoms with E-state index in [2.05, 4.69) is 27.2 Å². The molecule has 0 fully saturated rings. The van der Waals surface area contributed by atoms with E-state index < -0.39 is 24.0 Å². The van der Waals surface area contributed by atoms with E-state index in [9.17, 15) is 38.7 Å². The van der Waals surface area contributed by atoms with Crippen molar-refractivity contribution < 1.29 is 101 Å². The molecule has 0 rings (SSSR count). The minimum atomic E-state index is -1.17. The molecule has 0 saturated heterocycles. The number of ketones is 1. The lowest BCUT2D eigenvalue weighted by atomic mass is 10.0. The van der Waals surface area contributed by atoms with E-state index in [1.165, 1.54) is 38.5 Å². The van der Waals surface area contributed by atoms with E-state index >= 15 is 0 Å². The molecule has 0 saturated carbocycles. The summed E-state index contributed by atoms with van der Waals surface area (Å²) in [7, 11) is 1.59. The number of Topliss-reactive ketones (excluding diaryl/α,β-unsaturated/α-hetero) is 1. The summed E-state index contributed by atoms with van der Waals surface area (Å²) in [5.41, 5.74) is 0. The van der Waals surface area contributed by atoms with Crippen molar-refractivity contribution in [2.45, 2.75) is 179 Å². The van der Waals surface area contributed by atoms with Gasteiger partial charge in [-0.15, -0.1) is 12.3 Å². The normalized spacial score (nSPS) is 11.9. The molecule has 512 valence electrons. The molecule has 0 aliphatic carbocycles. The molecule has 88 heavy (non-hydrogen) atoms. The van der Waals surface area contributed by atoms with E-state index in [-0.39, 0.29) is 87.5 Å². The highest BCUT2D eigenvalue weighted by Crippen LogP contribution is 2.15. The van der Waals surface area contributed by atoms with E-state index in [1.54, 1.807) is 7.05 Å². The van der Waals surface area contributed by atoms with Gasteiger partial charge in [-0.25, -0.2) is 4.79 Å². The van der Waals surface area contributed by atoms with Gasteiger partial charge >= 0.3 is 11.9 Å². The predicted octanol–water partition coefficient (Wildman–Crippen LogP) is 5.53. The molecule has 0 radical (unpaired) electrons. The number of ether oxygens (including phenoxy) is 12. The lowest BCUT2D eigenvalue weighted by Crippen LogP contribution is -2.47. The van der Waals surface area contributed by atoms with Crippen molar-refractivity contribution in [3.05, 3.63) is 0 Å². The molecule has 4 amide bonds. The number of hydrogen-bond donors (Lipinski definition) is 6. The van der Waals surface area contributed by atoms with E-state index in [4.69, 9.17) is 68.4 Å². The third-order valence-electron chi connectivity index (χ3n) is 13.4.